The minimum atomic E-state index is -0.257. The molecular weight excluding hydrogens is 348 g/mol. The zero-order valence-corrected chi connectivity index (χ0v) is 15.2. The third kappa shape index (κ3) is 3.75. The van der Waals surface area contributed by atoms with E-state index in [9.17, 15) is 9.59 Å². The summed E-state index contributed by atoms with van der Waals surface area (Å²) in [6, 6.07) is 15.9. The largest absolute Gasteiger partial charge is 0.497 e. The Kier molecular flexibility index (Phi) is 5.04. The van der Waals surface area contributed by atoms with E-state index < -0.39 is 0 Å². The molecule has 0 aliphatic carbocycles. The second-order valence-corrected chi connectivity index (χ2v) is 6.79. The number of carbonyl (C=O) groups is 2. The first kappa shape index (κ1) is 17.7. The summed E-state index contributed by atoms with van der Waals surface area (Å²) in [6.07, 6.45) is 0. The monoisotopic (exact) mass is 366 g/mol. The number of nitrogens with two attached hydrogens (primary N) is 1. The Hall–Kier alpha value is -3.12. The van der Waals surface area contributed by atoms with E-state index in [1.54, 1.807) is 50.4 Å². The van der Waals surface area contributed by atoms with E-state index in [-0.39, 0.29) is 11.7 Å². The molecule has 0 fully saturated rings. The highest BCUT2D eigenvalue weighted by Crippen LogP contribution is 2.32. The number of hydrogen-bond donors (Lipinski definition) is 2. The predicted molar refractivity (Wildman–Crippen MR) is 105 cm³/mol. The number of ketones is 1. The number of nitrogen functional groups attached to an aromatic ring is 1. The molecule has 132 valence electrons. The average Bonchev–Trinajstić information content (AvgIpc) is 3.14. The van der Waals surface area contributed by atoms with Gasteiger partial charge in [0.25, 0.3) is 5.91 Å². The second-order valence-electron chi connectivity index (χ2n) is 5.70. The van der Waals surface area contributed by atoms with Gasteiger partial charge in [-0.3, -0.25) is 9.59 Å². The molecule has 0 saturated heterocycles. The van der Waals surface area contributed by atoms with E-state index in [1.165, 1.54) is 11.3 Å². The molecule has 0 bridgehead atoms. The fraction of sp³-hybridized carbons (Fsp3) is 0.100. The Morgan fingerprint density at radius 3 is 2.38 bits per heavy atom. The molecule has 1 heterocycles. The van der Waals surface area contributed by atoms with Crippen molar-refractivity contribution < 1.29 is 14.3 Å². The SMILES string of the molecule is COc1ccc(C(=O)Nc2cc(-c3ccc(C(C)=O)s3)ccc2N)cc1. The van der Waals surface area contributed by atoms with Crippen LogP contribution in [-0.2, 0) is 0 Å². The van der Waals surface area contributed by atoms with Crippen LogP contribution < -0.4 is 15.8 Å². The van der Waals surface area contributed by atoms with Gasteiger partial charge in [-0.1, -0.05) is 6.07 Å². The van der Waals surface area contributed by atoms with Gasteiger partial charge in [-0.2, -0.15) is 0 Å². The van der Waals surface area contributed by atoms with E-state index in [0.717, 1.165) is 10.4 Å². The first-order valence-electron chi connectivity index (χ1n) is 7.94. The van der Waals surface area contributed by atoms with E-state index in [2.05, 4.69) is 5.32 Å². The third-order valence-electron chi connectivity index (χ3n) is 3.89. The van der Waals surface area contributed by atoms with Gasteiger partial charge in [-0.25, -0.2) is 0 Å². The number of thiophene rings is 1. The maximum atomic E-state index is 12.5. The molecule has 0 aliphatic heterocycles. The van der Waals surface area contributed by atoms with Crippen LogP contribution in [0.15, 0.2) is 54.6 Å². The fourth-order valence-corrected chi connectivity index (χ4v) is 3.33. The first-order valence-corrected chi connectivity index (χ1v) is 8.75. The van der Waals surface area contributed by atoms with Crippen molar-refractivity contribution in [3.8, 4) is 16.2 Å². The molecule has 6 heteroatoms. The van der Waals surface area contributed by atoms with Gasteiger partial charge in [-0.05, 0) is 61.0 Å². The van der Waals surface area contributed by atoms with Crippen molar-refractivity contribution in [3.05, 3.63) is 65.0 Å². The summed E-state index contributed by atoms with van der Waals surface area (Å²) in [5, 5.41) is 2.84. The number of Topliss-reactive ketones (excluding diaryl/α,β-unsaturated/α-hetero) is 1. The summed E-state index contributed by atoms with van der Waals surface area (Å²) >= 11 is 1.41. The Morgan fingerprint density at radius 2 is 1.77 bits per heavy atom. The third-order valence-corrected chi connectivity index (χ3v) is 5.13. The number of rotatable bonds is 5. The Bertz CT molecular complexity index is 961. The lowest BCUT2D eigenvalue weighted by Gasteiger charge is -2.10. The average molecular weight is 366 g/mol. The van der Waals surface area contributed by atoms with Crippen LogP contribution in [0.5, 0.6) is 5.75 Å². The Labute approximate surface area is 155 Å². The van der Waals surface area contributed by atoms with Gasteiger partial charge in [0.15, 0.2) is 5.78 Å². The normalized spacial score (nSPS) is 10.4. The number of ether oxygens (including phenoxy) is 1. The van der Waals surface area contributed by atoms with E-state index >= 15 is 0 Å². The van der Waals surface area contributed by atoms with E-state index in [4.69, 9.17) is 10.5 Å². The molecule has 0 saturated carbocycles. The Balaban J connectivity index is 1.84. The standard InChI is InChI=1S/C20H18N2O3S/c1-12(23)18-9-10-19(26-18)14-5-8-16(21)17(11-14)22-20(24)13-3-6-15(25-2)7-4-13/h3-11H,21H2,1-2H3,(H,22,24). The second kappa shape index (κ2) is 7.41. The number of hydrogen-bond acceptors (Lipinski definition) is 5. The minimum Gasteiger partial charge on any atom is -0.497 e. The topological polar surface area (TPSA) is 81.4 Å². The first-order chi connectivity index (χ1) is 12.5. The van der Waals surface area contributed by atoms with Crippen LogP contribution in [0.1, 0.15) is 27.0 Å². The molecule has 0 unspecified atom stereocenters. The Morgan fingerprint density at radius 1 is 1.04 bits per heavy atom. The van der Waals surface area contributed by atoms with Crippen LogP contribution in [0.25, 0.3) is 10.4 Å². The van der Waals surface area contributed by atoms with Crippen molar-refractivity contribution in [1.82, 2.24) is 0 Å². The molecule has 0 spiro atoms. The molecule has 3 N–H and O–H groups in total. The van der Waals surface area contributed by atoms with Crippen molar-refractivity contribution in [2.45, 2.75) is 6.92 Å². The number of benzene rings is 2. The van der Waals surface area contributed by atoms with Crippen molar-refractivity contribution >= 4 is 34.4 Å². The van der Waals surface area contributed by atoms with Crippen LogP contribution in [0.3, 0.4) is 0 Å². The van der Waals surface area contributed by atoms with Gasteiger partial charge in [-0.15, -0.1) is 11.3 Å². The molecule has 3 aromatic rings. The lowest BCUT2D eigenvalue weighted by atomic mass is 10.1. The van der Waals surface area contributed by atoms with Crippen molar-refractivity contribution in [1.29, 1.82) is 0 Å². The van der Waals surface area contributed by atoms with Crippen LogP contribution in [-0.4, -0.2) is 18.8 Å². The summed E-state index contributed by atoms with van der Waals surface area (Å²) in [5.41, 5.74) is 8.40. The minimum absolute atomic E-state index is 0.0322. The maximum Gasteiger partial charge on any atom is 0.255 e. The van der Waals surface area contributed by atoms with Gasteiger partial charge in [0.05, 0.1) is 23.4 Å². The molecule has 0 atom stereocenters. The molecule has 1 aromatic heterocycles. The lowest BCUT2D eigenvalue weighted by molar-refractivity contribution is 0.101. The fourth-order valence-electron chi connectivity index (χ4n) is 2.44. The van der Waals surface area contributed by atoms with Crippen molar-refractivity contribution in [3.63, 3.8) is 0 Å². The molecule has 0 aliphatic rings. The predicted octanol–water partition coefficient (Wildman–Crippen LogP) is 4.46. The smallest absolute Gasteiger partial charge is 0.255 e. The zero-order chi connectivity index (χ0) is 18.7. The summed E-state index contributed by atoms with van der Waals surface area (Å²) < 4.78 is 5.10. The highest BCUT2D eigenvalue weighted by atomic mass is 32.1. The lowest BCUT2D eigenvalue weighted by Crippen LogP contribution is -2.13. The highest BCUT2D eigenvalue weighted by Gasteiger charge is 2.11. The zero-order valence-electron chi connectivity index (χ0n) is 14.4. The number of nitrogens with one attached hydrogen (secondary N) is 1. The summed E-state index contributed by atoms with van der Waals surface area (Å²) in [7, 11) is 1.57. The van der Waals surface area contributed by atoms with Crippen molar-refractivity contribution in [2.75, 3.05) is 18.2 Å². The maximum absolute atomic E-state index is 12.5. The number of anilines is 2. The van der Waals surface area contributed by atoms with Crippen LogP contribution >= 0.6 is 11.3 Å². The van der Waals surface area contributed by atoms with Gasteiger partial charge in [0.1, 0.15) is 5.75 Å². The number of carbonyl (C=O) groups excluding carboxylic acids is 2. The molecule has 0 radical (unpaired) electrons. The highest BCUT2D eigenvalue weighted by molar-refractivity contribution is 7.17. The molecule has 5 nitrogen and oxygen atoms in total. The van der Waals surface area contributed by atoms with Gasteiger partial charge >= 0.3 is 0 Å². The van der Waals surface area contributed by atoms with Gasteiger partial charge < -0.3 is 15.8 Å². The van der Waals surface area contributed by atoms with E-state index in [1.807, 2.05) is 18.2 Å². The number of amides is 1. The molecule has 1 amide bonds. The van der Waals surface area contributed by atoms with E-state index in [0.29, 0.717) is 27.6 Å². The molecule has 3 rings (SSSR count). The van der Waals surface area contributed by atoms with Gasteiger partial charge in [0.2, 0.25) is 0 Å². The number of methoxy groups -OCH3 is 1. The van der Waals surface area contributed by atoms with Crippen molar-refractivity contribution in [2.24, 2.45) is 0 Å². The quantitative estimate of drug-likeness (QED) is 0.516. The molecule has 2 aromatic carbocycles. The molecule has 26 heavy (non-hydrogen) atoms. The van der Waals surface area contributed by atoms with Crippen LogP contribution in [0.2, 0.25) is 0 Å². The van der Waals surface area contributed by atoms with Crippen LogP contribution in [0.4, 0.5) is 11.4 Å². The van der Waals surface area contributed by atoms with Gasteiger partial charge in [0, 0.05) is 10.4 Å². The van der Waals surface area contributed by atoms with Crippen LogP contribution in [0, 0.1) is 0 Å². The summed E-state index contributed by atoms with van der Waals surface area (Å²) in [6.45, 7) is 1.54. The molecular formula is C20H18N2O3S. The summed E-state index contributed by atoms with van der Waals surface area (Å²) in [4.78, 5) is 25.6. The summed E-state index contributed by atoms with van der Waals surface area (Å²) in [5.74, 6) is 0.457.